The zero-order chi connectivity index (χ0) is 20.2. The van der Waals surface area contributed by atoms with Gasteiger partial charge < -0.3 is 10.2 Å². The molecule has 0 atom stereocenters. The van der Waals surface area contributed by atoms with E-state index in [0.29, 0.717) is 45.0 Å². The first-order valence-electron chi connectivity index (χ1n) is 9.87. The Morgan fingerprint density at radius 3 is 2.52 bits per heavy atom. The molecule has 2 heterocycles. The molecule has 2 amide bonds. The molecule has 1 aliphatic rings. The van der Waals surface area contributed by atoms with Gasteiger partial charge in [-0.3, -0.25) is 19.6 Å². The van der Waals surface area contributed by atoms with Crippen LogP contribution < -0.4 is 5.32 Å². The number of hydrogen-bond acceptors (Lipinski definition) is 4. The number of nitrogens with zero attached hydrogens (tertiary/aromatic N) is 3. The van der Waals surface area contributed by atoms with Crippen LogP contribution in [0.4, 0.5) is 0 Å². The lowest BCUT2D eigenvalue weighted by atomic mass is 10.1. The van der Waals surface area contributed by atoms with Crippen molar-refractivity contribution >= 4 is 22.7 Å². The smallest absolute Gasteiger partial charge is 0.275 e. The van der Waals surface area contributed by atoms with Crippen molar-refractivity contribution in [2.45, 2.75) is 13.5 Å². The first kappa shape index (κ1) is 19.1. The molecule has 0 radical (unpaired) electrons. The van der Waals surface area contributed by atoms with Gasteiger partial charge in [0.05, 0.1) is 12.1 Å². The predicted molar refractivity (Wildman–Crippen MR) is 111 cm³/mol. The Hall–Kier alpha value is -3.19. The van der Waals surface area contributed by atoms with Crippen molar-refractivity contribution in [3.63, 3.8) is 0 Å². The van der Waals surface area contributed by atoms with Crippen molar-refractivity contribution in [1.82, 2.24) is 25.3 Å². The number of benzene rings is 2. The number of piperazine rings is 1. The van der Waals surface area contributed by atoms with E-state index in [-0.39, 0.29) is 11.8 Å². The second kappa shape index (κ2) is 8.45. The first-order chi connectivity index (χ1) is 14.1. The number of carbonyl (C=O) groups excluding carboxylic acids is 2. The molecule has 1 aromatic heterocycles. The molecule has 0 aliphatic carbocycles. The third-order valence-corrected chi connectivity index (χ3v) is 5.31. The molecule has 2 aromatic carbocycles. The minimum Gasteiger partial charge on any atom is -0.351 e. The van der Waals surface area contributed by atoms with Gasteiger partial charge in [0.25, 0.3) is 5.91 Å². The SMILES string of the molecule is Cc1ccc(CNC(=O)CN2CCN(C(=O)c3n[nH]c4ccccc34)CC2)cc1. The van der Waals surface area contributed by atoms with Gasteiger partial charge in [-0.15, -0.1) is 0 Å². The molecular weight excluding hydrogens is 366 g/mol. The number of aromatic nitrogens is 2. The van der Waals surface area contributed by atoms with Gasteiger partial charge in [0.1, 0.15) is 0 Å². The summed E-state index contributed by atoms with van der Waals surface area (Å²) in [7, 11) is 0. The Kier molecular flexibility index (Phi) is 5.57. The van der Waals surface area contributed by atoms with Gasteiger partial charge in [-0.2, -0.15) is 5.10 Å². The zero-order valence-electron chi connectivity index (χ0n) is 16.5. The first-order valence-corrected chi connectivity index (χ1v) is 9.87. The zero-order valence-corrected chi connectivity index (χ0v) is 16.5. The summed E-state index contributed by atoms with van der Waals surface area (Å²) in [5.74, 6) is -0.0606. The van der Waals surface area contributed by atoms with Crippen molar-refractivity contribution < 1.29 is 9.59 Å². The van der Waals surface area contributed by atoms with Gasteiger partial charge in [-0.05, 0) is 18.6 Å². The Labute approximate surface area is 169 Å². The summed E-state index contributed by atoms with van der Waals surface area (Å²) in [5, 5.41) is 10.9. The quantitative estimate of drug-likeness (QED) is 0.697. The van der Waals surface area contributed by atoms with Crippen molar-refractivity contribution in [3.05, 3.63) is 65.4 Å². The largest absolute Gasteiger partial charge is 0.351 e. The lowest BCUT2D eigenvalue weighted by Crippen LogP contribution is -2.51. The highest BCUT2D eigenvalue weighted by molar-refractivity contribution is 6.04. The molecular formula is C22H25N5O2. The van der Waals surface area contributed by atoms with Crippen molar-refractivity contribution in [2.24, 2.45) is 0 Å². The van der Waals surface area contributed by atoms with Crippen LogP contribution in [0.25, 0.3) is 10.9 Å². The Bertz CT molecular complexity index is 1000. The van der Waals surface area contributed by atoms with Gasteiger partial charge >= 0.3 is 0 Å². The third-order valence-electron chi connectivity index (χ3n) is 5.31. The number of rotatable bonds is 5. The van der Waals surface area contributed by atoms with Crippen molar-refractivity contribution in [1.29, 1.82) is 0 Å². The Balaban J connectivity index is 1.26. The molecule has 1 fully saturated rings. The molecule has 0 saturated carbocycles. The summed E-state index contributed by atoms with van der Waals surface area (Å²) in [6.07, 6.45) is 0. The normalized spacial score (nSPS) is 14.9. The molecule has 1 saturated heterocycles. The molecule has 0 unspecified atom stereocenters. The van der Waals surface area contributed by atoms with Gasteiger partial charge in [0, 0.05) is 38.1 Å². The van der Waals surface area contributed by atoms with Crippen LogP contribution in [-0.4, -0.2) is 64.5 Å². The minimum atomic E-state index is -0.0640. The molecule has 150 valence electrons. The lowest BCUT2D eigenvalue weighted by molar-refractivity contribution is -0.122. The standard InChI is InChI=1S/C22H25N5O2/c1-16-6-8-17(9-7-16)14-23-20(28)15-26-10-12-27(13-11-26)22(29)21-18-4-2-3-5-19(18)24-25-21/h2-9H,10-15H2,1H3,(H,23,28)(H,24,25). The highest BCUT2D eigenvalue weighted by atomic mass is 16.2. The van der Waals surface area contributed by atoms with E-state index in [1.54, 1.807) is 0 Å². The second-order valence-corrected chi connectivity index (χ2v) is 7.45. The number of carbonyl (C=O) groups is 2. The maximum atomic E-state index is 12.8. The number of para-hydroxylation sites is 1. The summed E-state index contributed by atoms with van der Waals surface area (Å²) in [4.78, 5) is 29.0. The molecule has 1 aliphatic heterocycles. The fourth-order valence-corrected chi connectivity index (χ4v) is 3.55. The number of aromatic amines is 1. The maximum Gasteiger partial charge on any atom is 0.275 e. The molecule has 29 heavy (non-hydrogen) atoms. The predicted octanol–water partition coefficient (Wildman–Crippen LogP) is 1.95. The molecule has 0 spiro atoms. The molecule has 7 heteroatoms. The average molecular weight is 391 g/mol. The highest BCUT2D eigenvalue weighted by Crippen LogP contribution is 2.17. The summed E-state index contributed by atoms with van der Waals surface area (Å²) in [6, 6.07) is 15.8. The Morgan fingerprint density at radius 1 is 1.03 bits per heavy atom. The monoisotopic (exact) mass is 391 g/mol. The molecule has 3 aromatic rings. The summed E-state index contributed by atoms with van der Waals surface area (Å²) >= 11 is 0. The van der Waals surface area contributed by atoms with E-state index in [0.717, 1.165) is 16.5 Å². The van der Waals surface area contributed by atoms with E-state index in [4.69, 9.17) is 0 Å². The van der Waals surface area contributed by atoms with Gasteiger partial charge in [0.2, 0.25) is 5.91 Å². The van der Waals surface area contributed by atoms with Crippen LogP contribution in [0.3, 0.4) is 0 Å². The summed E-state index contributed by atoms with van der Waals surface area (Å²) in [6.45, 7) is 5.44. The summed E-state index contributed by atoms with van der Waals surface area (Å²) < 4.78 is 0. The highest BCUT2D eigenvalue weighted by Gasteiger charge is 2.25. The number of H-pyrrole nitrogens is 1. The van der Waals surface area contributed by atoms with Crippen LogP contribution in [0.5, 0.6) is 0 Å². The van der Waals surface area contributed by atoms with E-state index in [9.17, 15) is 9.59 Å². The van der Waals surface area contributed by atoms with E-state index < -0.39 is 0 Å². The number of amides is 2. The minimum absolute atomic E-state index is 0.00338. The van der Waals surface area contributed by atoms with Gasteiger partial charge in [-0.25, -0.2) is 0 Å². The number of hydrogen-bond donors (Lipinski definition) is 2. The molecule has 7 nitrogen and oxygen atoms in total. The van der Waals surface area contributed by atoms with Crippen LogP contribution in [-0.2, 0) is 11.3 Å². The van der Waals surface area contributed by atoms with Crippen LogP contribution in [0.15, 0.2) is 48.5 Å². The topological polar surface area (TPSA) is 81.3 Å². The fourth-order valence-electron chi connectivity index (χ4n) is 3.55. The molecule has 0 bridgehead atoms. The number of aryl methyl sites for hydroxylation is 1. The van der Waals surface area contributed by atoms with E-state index in [2.05, 4.69) is 20.4 Å². The Morgan fingerprint density at radius 2 is 1.76 bits per heavy atom. The van der Waals surface area contributed by atoms with Gasteiger partial charge in [0.15, 0.2) is 5.69 Å². The fraction of sp³-hybridized carbons (Fsp3) is 0.318. The number of nitrogens with one attached hydrogen (secondary N) is 2. The second-order valence-electron chi connectivity index (χ2n) is 7.45. The van der Waals surface area contributed by atoms with Gasteiger partial charge in [-0.1, -0.05) is 48.0 Å². The average Bonchev–Trinajstić information content (AvgIpc) is 3.17. The molecule has 2 N–H and O–H groups in total. The maximum absolute atomic E-state index is 12.8. The summed E-state index contributed by atoms with van der Waals surface area (Å²) in [5.41, 5.74) is 3.62. The third kappa shape index (κ3) is 4.46. The van der Waals surface area contributed by atoms with Crippen molar-refractivity contribution in [3.8, 4) is 0 Å². The lowest BCUT2D eigenvalue weighted by Gasteiger charge is -2.34. The van der Waals surface area contributed by atoms with Crippen LogP contribution in [0, 0.1) is 6.92 Å². The van der Waals surface area contributed by atoms with Crippen LogP contribution in [0.1, 0.15) is 21.6 Å². The van der Waals surface area contributed by atoms with E-state index >= 15 is 0 Å². The van der Waals surface area contributed by atoms with Crippen LogP contribution in [0.2, 0.25) is 0 Å². The van der Waals surface area contributed by atoms with E-state index in [1.807, 2.05) is 60.4 Å². The van der Waals surface area contributed by atoms with Crippen LogP contribution >= 0.6 is 0 Å². The van der Waals surface area contributed by atoms with Crippen molar-refractivity contribution in [2.75, 3.05) is 32.7 Å². The van der Waals surface area contributed by atoms with E-state index in [1.165, 1.54) is 5.56 Å². The molecule has 4 rings (SSSR count). The number of fused-ring (bicyclic) bond motifs is 1.